The first-order chi connectivity index (χ1) is 9.60. The fraction of sp³-hybridized carbons (Fsp3) is 0.308. The highest BCUT2D eigenvalue weighted by Gasteiger charge is 2.08. The zero-order valence-corrected chi connectivity index (χ0v) is 11.5. The lowest BCUT2D eigenvalue weighted by molar-refractivity contribution is -0.119. The highest BCUT2D eigenvalue weighted by atomic mass is 16.1. The molecule has 2 aromatic rings. The van der Waals surface area contributed by atoms with E-state index in [2.05, 4.69) is 26.0 Å². The molecule has 1 amide bonds. The third kappa shape index (κ3) is 3.33. The summed E-state index contributed by atoms with van der Waals surface area (Å²) in [7, 11) is 0. The van der Waals surface area contributed by atoms with Gasteiger partial charge in [0.2, 0.25) is 11.9 Å². The first-order valence-corrected chi connectivity index (χ1v) is 6.37. The summed E-state index contributed by atoms with van der Waals surface area (Å²) in [4.78, 5) is 20.1. The highest BCUT2D eigenvalue weighted by molar-refractivity contribution is 5.91. The molecule has 0 spiro atoms. The molecular formula is C13H18N6O. The van der Waals surface area contributed by atoms with Gasteiger partial charge in [0.05, 0.1) is 12.1 Å². The maximum atomic E-state index is 11.7. The van der Waals surface area contributed by atoms with Gasteiger partial charge >= 0.3 is 0 Å². The van der Waals surface area contributed by atoms with Crippen LogP contribution in [0.25, 0.3) is 10.9 Å². The molecule has 0 aliphatic rings. The molecule has 1 heterocycles. The summed E-state index contributed by atoms with van der Waals surface area (Å²) in [5.74, 6) is 6.13. The van der Waals surface area contributed by atoms with Crippen LogP contribution in [0.15, 0.2) is 24.3 Å². The lowest BCUT2D eigenvalue weighted by Gasteiger charge is -2.12. The number of anilines is 2. The Morgan fingerprint density at radius 3 is 2.75 bits per heavy atom. The topological polar surface area (TPSA) is 105 Å². The van der Waals surface area contributed by atoms with Gasteiger partial charge < -0.3 is 10.6 Å². The first-order valence-electron chi connectivity index (χ1n) is 6.37. The van der Waals surface area contributed by atoms with Gasteiger partial charge in [0.15, 0.2) is 0 Å². The highest BCUT2D eigenvalue weighted by Crippen LogP contribution is 2.21. The van der Waals surface area contributed by atoms with Crippen molar-refractivity contribution in [3.63, 3.8) is 0 Å². The Balaban J connectivity index is 2.22. The molecule has 106 valence electrons. The van der Waals surface area contributed by atoms with Crippen molar-refractivity contribution in [2.24, 2.45) is 5.84 Å². The number of nitrogens with two attached hydrogens (primary N) is 1. The maximum absolute atomic E-state index is 11.7. The molecule has 0 saturated carbocycles. The van der Waals surface area contributed by atoms with Crippen LogP contribution in [0.4, 0.5) is 11.8 Å². The fourth-order valence-corrected chi connectivity index (χ4v) is 1.81. The van der Waals surface area contributed by atoms with E-state index in [0.717, 1.165) is 10.9 Å². The zero-order chi connectivity index (χ0) is 14.5. The minimum atomic E-state index is -0.0926. The van der Waals surface area contributed by atoms with Crippen LogP contribution < -0.4 is 21.9 Å². The maximum Gasteiger partial charge on any atom is 0.239 e. The van der Waals surface area contributed by atoms with Gasteiger partial charge in [-0.15, -0.1) is 0 Å². The third-order valence-corrected chi connectivity index (χ3v) is 2.60. The van der Waals surface area contributed by atoms with Gasteiger partial charge in [-0.05, 0) is 26.0 Å². The number of nitrogen functional groups attached to an aromatic ring is 1. The minimum absolute atomic E-state index is 0.0926. The van der Waals surface area contributed by atoms with Crippen molar-refractivity contribution >= 4 is 28.6 Å². The molecule has 0 radical (unpaired) electrons. The molecule has 0 aliphatic heterocycles. The predicted octanol–water partition coefficient (Wildman–Crippen LogP) is 0.852. The van der Waals surface area contributed by atoms with E-state index in [-0.39, 0.29) is 18.5 Å². The van der Waals surface area contributed by atoms with Crippen molar-refractivity contribution in [2.75, 3.05) is 17.3 Å². The summed E-state index contributed by atoms with van der Waals surface area (Å²) in [5.41, 5.74) is 3.17. The van der Waals surface area contributed by atoms with Gasteiger partial charge in [0, 0.05) is 11.4 Å². The molecule has 0 fully saturated rings. The van der Waals surface area contributed by atoms with Crippen LogP contribution in [0.3, 0.4) is 0 Å². The van der Waals surface area contributed by atoms with Gasteiger partial charge in [-0.3, -0.25) is 10.2 Å². The van der Waals surface area contributed by atoms with Gasteiger partial charge in [-0.25, -0.2) is 10.8 Å². The predicted molar refractivity (Wildman–Crippen MR) is 79.1 cm³/mol. The molecule has 1 aromatic heterocycles. The Morgan fingerprint density at radius 1 is 1.30 bits per heavy atom. The Morgan fingerprint density at radius 2 is 2.05 bits per heavy atom. The van der Waals surface area contributed by atoms with Crippen LogP contribution in [0.1, 0.15) is 13.8 Å². The normalized spacial score (nSPS) is 10.6. The Labute approximate surface area is 116 Å². The van der Waals surface area contributed by atoms with Gasteiger partial charge in [0.25, 0.3) is 0 Å². The quantitative estimate of drug-likeness (QED) is 0.476. The summed E-state index contributed by atoms with van der Waals surface area (Å²) >= 11 is 0. The summed E-state index contributed by atoms with van der Waals surface area (Å²) in [6.07, 6.45) is 0. The average Bonchev–Trinajstić information content (AvgIpc) is 2.43. The molecule has 0 saturated heterocycles. The summed E-state index contributed by atoms with van der Waals surface area (Å²) in [6, 6.07) is 7.62. The number of para-hydroxylation sites is 1. The summed E-state index contributed by atoms with van der Waals surface area (Å²) < 4.78 is 0. The molecule has 1 aromatic carbocycles. The van der Waals surface area contributed by atoms with E-state index in [4.69, 9.17) is 5.84 Å². The monoisotopic (exact) mass is 274 g/mol. The van der Waals surface area contributed by atoms with Crippen molar-refractivity contribution < 1.29 is 4.79 Å². The number of nitrogens with zero attached hydrogens (tertiary/aromatic N) is 2. The van der Waals surface area contributed by atoms with Crippen molar-refractivity contribution in [3.8, 4) is 0 Å². The SMILES string of the molecule is CC(C)NC(=O)CNc1nc(NN)nc2ccccc12. The largest absolute Gasteiger partial charge is 0.360 e. The van der Waals surface area contributed by atoms with Crippen LogP contribution in [-0.2, 0) is 4.79 Å². The van der Waals surface area contributed by atoms with Crippen LogP contribution in [0, 0.1) is 0 Å². The number of hydrogen-bond donors (Lipinski definition) is 4. The minimum Gasteiger partial charge on any atom is -0.360 e. The van der Waals surface area contributed by atoms with E-state index >= 15 is 0 Å². The number of fused-ring (bicyclic) bond motifs is 1. The number of amides is 1. The lowest BCUT2D eigenvalue weighted by Crippen LogP contribution is -2.35. The van der Waals surface area contributed by atoms with Gasteiger partial charge in [-0.1, -0.05) is 12.1 Å². The van der Waals surface area contributed by atoms with Crippen molar-refractivity contribution in [1.29, 1.82) is 0 Å². The Bertz CT molecular complexity index is 613. The number of hydrogen-bond acceptors (Lipinski definition) is 6. The van der Waals surface area contributed by atoms with E-state index in [1.54, 1.807) is 0 Å². The van der Waals surface area contributed by atoms with E-state index in [0.29, 0.717) is 11.8 Å². The zero-order valence-electron chi connectivity index (χ0n) is 11.5. The van der Waals surface area contributed by atoms with E-state index < -0.39 is 0 Å². The number of rotatable bonds is 5. The van der Waals surface area contributed by atoms with Gasteiger partial charge in [-0.2, -0.15) is 4.98 Å². The fourth-order valence-electron chi connectivity index (χ4n) is 1.81. The molecule has 5 N–H and O–H groups in total. The lowest BCUT2D eigenvalue weighted by atomic mass is 10.2. The second-order valence-electron chi connectivity index (χ2n) is 4.63. The molecule has 0 atom stereocenters. The second-order valence-corrected chi connectivity index (χ2v) is 4.63. The van der Waals surface area contributed by atoms with Crippen LogP contribution in [0.5, 0.6) is 0 Å². The standard InChI is InChI=1S/C13H18N6O/c1-8(2)16-11(20)7-15-12-9-5-3-4-6-10(9)17-13(18-12)19-14/h3-6,8H,7,14H2,1-2H3,(H,16,20)(H2,15,17,18,19). The Hall–Kier alpha value is -2.41. The van der Waals surface area contributed by atoms with Crippen LogP contribution >= 0.6 is 0 Å². The van der Waals surface area contributed by atoms with Gasteiger partial charge in [0.1, 0.15) is 5.82 Å². The number of hydrazine groups is 1. The summed E-state index contributed by atoms with van der Waals surface area (Å²) in [5, 5.41) is 6.65. The van der Waals surface area contributed by atoms with Crippen LogP contribution in [0.2, 0.25) is 0 Å². The number of benzene rings is 1. The molecule has 20 heavy (non-hydrogen) atoms. The third-order valence-electron chi connectivity index (χ3n) is 2.60. The molecule has 0 bridgehead atoms. The molecule has 0 unspecified atom stereocenters. The van der Waals surface area contributed by atoms with E-state index in [1.165, 1.54) is 0 Å². The number of carbonyl (C=O) groups is 1. The number of carbonyl (C=O) groups excluding carboxylic acids is 1. The second kappa shape index (κ2) is 6.16. The number of nitrogens with one attached hydrogen (secondary N) is 3. The molecule has 2 rings (SSSR count). The van der Waals surface area contributed by atoms with E-state index in [9.17, 15) is 4.79 Å². The molecule has 7 heteroatoms. The van der Waals surface area contributed by atoms with Crippen molar-refractivity contribution in [1.82, 2.24) is 15.3 Å². The smallest absolute Gasteiger partial charge is 0.239 e. The van der Waals surface area contributed by atoms with Crippen LogP contribution in [-0.4, -0.2) is 28.5 Å². The molecular weight excluding hydrogens is 256 g/mol. The molecule has 0 aliphatic carbocycles. The average molecular weight is 274 g/mol. The molecule has 7 nitrogen and oxygen atoms in total. The first kappa shape index (κ1) is 14.0. The van der Waals surface area contributed by atoms with E-state index in [1.807, 2.05) is 38.1 Å². The summed E-state index contributed by atoms with van der Waals surface area (Å²) in [6.45, 7) is 3.96. The van der Waals surface area contributed by atoms with Crippen molar-refractivity contribution in [2.45, 2.75) is 19.9 Å². The Kier molecular flexibility index (Phi) is 4.31. The van der Waals surface area contributed by atoms with Crippen molar-refractivity contribution in [3.05, 3.63) is 24.3 Å². The number of aromatic nitrogens is 2.